The molecule has 1 heterocycles. The van der Waals surface area contributed by atoms with Crippen molar-refractivity contribution in [3.63, 3.8) is 0 Å². The number of rotatable bonds is 2. The molecule has 1 aromatic carbocycles. The van der Waals surface area contributed by atoms with Gasteiger partial charge in [-0.15, -0.1) is 0 Å². The molecule has 1 aromatic rings. The Kier molecular flexibility index (Phi) is 3.39. The first kappa shape index (κ1) is 13.9. The Labute approximate surface area is 110 Å². The standard InChI is InChI=1S/C12H7F3O5/c13-12(14,15)10-9(20-11(17)18)4-7-3-6(5-16)1-2-8(7)19-10/h1-5,10H,(H,17,18). The molecule has 0 aromatic heterocycles. The SMILES string of the molecule is O=Cc1ccc2c(c1)C=C(OC(=O)O)C(C(F)(F)F)O2. The maximum Gasteiger partial charge on any atom is 0.511 e. The third kappa shape index (κ3) is 2.73. The highest BCUT2D eigenvalue weighted by atomic mass is 19.4. The maximum atomic E-state index is 12.8. The second-order valence-corrected chi connectivity index (χ2v) is 3.87. The molecule has 0 saturated heterocycles. The second-order valence-electron chi connectivity index (χ2n) is 3.87. The lowest BCUT2D eigenvalue weighted by molar-refractivity contribution is -0.191. The van der Waals surface area contributed by atoms with E-state index in [1.165, 1.54) is 18.2 Å². The van der Waals surface area contributed by atoms with Crippen molar-refractivity contribution >= 4 is 18.5 Å². The average Bonchev–Trinajstić information content (AvgIpc) is 2.35. The third-order valence-electron chi connectivity index (χ3n) is 2.47. The molecule has 1 unspecified atom stereocenters. The Morgan fingerprint density at radius 3 is 2.65 bits per heavy atom. The molecule has 1 atom stereocenters. The molecule has 1 aliphatic heterocycles. The third-order valence-corrected chi connectivity index (χ3v) is 2.47. The molecule has 106 valence electrons. The number of ether oxygens (including phenoxy) is 2. The number of hydrogen-bond acceptors (Lipinski definition) is 4. The van der Waals surface area contributed by atoms with Crippen LogP contribution in [0, 0.1) is 0 Å². The van der Waals surface area contributed by atoms with Crippen LogP contribution in [-0.4, -0.2) is 29.8 Å². The van der Waals surface area contributed by atoms with Gasteiger partial charge in [-0.2, -0.15) is 13.2 Å². The minimum Gasteiger partial charge on any atom is -0.472 e. The van der Waals surface area contributed by atoms with Crippen LogP contribution >= 0.6 is 0 Å². The topological polar surface area (TPSA) is 72.8 Å². The number of hydrogen-bond donors (Lipinski definition) is 1. The molecule has 0 fully saturated rings. The summed E-state index contributed by atoms with van der Waals surface area (Å²) in [5.74, 6) is -1.02. The summed E-state index contributed by atoms with van der Waals surface area (Å²) in [6.07, 6.45) is -7.83. The van der Waals surface area contributed by atoms with Gasteiger partial charge in [0.1, 0.15) is 12.0 Å². The highest BCUT2D eigenvalue weighted by Crippen LogP contribution is 2.37. The summed E-state index contributed by atoms with van der Waals surface area (Å²) in [5.41, 5.74) is 0.343. The Bertz CT molecular complexity index is 591. The monoisotopic (exact) mass is 288 g/mol. The summed E-state index contributed by atoms with van der Waals surface area (Å²) in [4.78, 5) is 21.0. The number of alkyl halides is 3. The van der Waals surface area contributed by atoms with Gasteiger partial charge in [0.05, 0.1) is 0 Å². The van der Waals surface area contributed by atoms with Gasteiger partial charge in [0, 0.05) is 11.1 Å². The van der Waals surface area contributed by atoms with E-state index in [0.717, 1.165) is 6.08 Å². The zero-order chi connectivity index (χ0) is 14.9. The Balaban J connectivity index is 2.47. The molecule has 8 heteroatoms. The van der Waals surface area contributed by atoms with Crippen LogP contribution in [0.2, 0.25) is 0 Å². The average molecular weight is 288 g/mol. The van der Waals surface area contributed by atoms with Crippen molar-refractivity contribution in [2.45, 2.75) is 12.3 Å². The van der Waals surface area contributed by atoms with E-state index in [9.17, 15) is 22.8 Å². The summed E-state index contributed by atoms with van der Waals surface area (Å²) < 4.78 is 47.2. The number of halogens is 3. The number of carbonyl (C=O) groups excluding carboxylic acids is 1. The maximum absolute atomic E-state index is 12.8. The smallest absolute Gasteiger partial charge is 0.472 e. The molecule has 0 bridgehead atoms. The molecular weight excluding hydrogens is 281 g/mol. The lowest BCUT2D eigenvalue weighted by Gasteiger charge is -2.27. The van der Waals surface area contributed by atoms with Crippen LogP contribution in [0.4, 0.5) is 18.0 Å². The second kappa shape index (κ2) is 4.87. The van der Waals surface area contributed by atoms with E-state index in [1.54, 1.807) is 0 Å². The van der Waals surface area contributed by atoms with Crippen LogP contribution in [0.3, 0.4) is 0 Å². The number of carboxylic acid groups (broad SMARTS) is 1. The highest BCUT2D eigenvalue weighted by molar-refractivity contribution is 5.78. The summed E-state index contributed by atoms with van der Waals surface area (Å²) in [5, 5.41) is 8.46. The van der Waals surface area contributed by atoms with E-state index >= 15 is 0 Å². The molecular formula is C12H7F3O5. The largest absolute Gasteiger partial charge is 0.511 e. The van der Waals surface area contributed by atoms with Gasteiger partial charge in [-0.05, 0) is 24.3 Å². The zero-order valence-electron chi connectivity index (χ0n) is 9.68. The lowest BCUT2D eigenvalue weighted by Crippen LogP contribution is -2.39. The predicted octanol–water partition coefficient (Wildman–Crippen LogP) is 2.86. The van der Waals surface area contributed by atoms with Crippen LogP contribution in [0.5, 0.6) is 5.75 Å². The lowest BCUT2D eigenvalue weighted by atomic mass is 10.1. The van der Waals surface area contributed by atoms with Crippen LogP contribution < -0.4 is 4.74 Å². The van der Waals surface area contributed by atoms with Gasteiger partial charge in [0.15, 0.2) is 5.76 Å². The molecule has 0 aliphatic carbocycles. The van der Waals surface area contributed by atoms with Crippen LogP contribution in [0.25, 0.3) is 6.08 Å². The van der Waals surface area contributed by atoms with Gasteiger partial charge in [0.2, 0.25) is 0 Å². The fraction of sp³-hybridized carbons (Fsp3) is 0.167. The number of fused-ring (bicyclic) bond motifs is 1. The molecule has 20 heavy (non-hydrogen) atoms. The van der Waals surface area contributed by atoms with E-state index in [-0.39, 0.29) is 16.9 Å². The van der Waals surface area contributed by atoms with E-state index in [0.29, 0.717) is 6.29 Å². The van der Waals surface area contributed by atoms with Gasteiger partial charge in [-0.25, -0.2) is 4.79 Å². The molecule has 2 rings (SSSR count). The molecule has 0 spiro atoms. The van der Waals surface area contributed by atoms with Gasteiger partial charge < -0.3 is 14.6 Å². The normalized spacial score (nSPS) is 17.6. The van der Waals surface area contributed by atoms with Gasteiger partial charge in [-0.1, -0.05) is 0 Å². The molecule has 0 saturated carbocycles. The van der Waals surface area contributed by atoms with Crippen molar-refractivity contribution in [1.29, 1.82) is 0 Å². The van der Waals surface area contributed by atoms with Gasteiger partial charge in [-0.3, -0.25) is 4.79 Å². The van der Waals surface area contributed by atoms with Crippen LogP contribution in [-0.2, 0) is 4.74 Å². The Hall–Kier alpha value is -2.51. The van der Waals surface area contributed by atoms with E-state index in [1.807, 2.05) is 0 Å². The summed E-state index contributed by atoms with van der Waals surface area (Å²) in [7, 11) is 0. The summed E-state index contributed by atoms with van der Waals surface area (Å²) >= 11 is 0. The van der Waals surface area contributed by atoms with Crippen molar-refractivity contribution in [2.75, 3.05) is 0 Å². The van der Waals surface area contributed by atoms with E-state index in [4.69, 9.17) is 9.84 Å². The first-order valence-corrected chi connectivity index (χ1v) is 5.26. The van der Waals surface area contributed by atoms with Crippen molar-refractivity contribution in [1.82, 2.24) is 0 Å². The quantitative estimate of drug-likeness (QED) is 0.669. The number of carbonyl (C=O) groups is 2. The van der Waals surface area contributed by atoms with Crippen molar-refractivity contribution in [3.8, 4) is 5.75 Å². The molecule has 1 N–H and O–H groups in total. The van der Waals surface area contributed by atoms with Crippen molar-refractivity contribution in [3.05, 3.63) is 35.1 Å². The first-order valence-electron chi connectivity index (χ1n) is 5.26. The molecule has 1 aliphatic rings. The Morgan fingerprint density at radius 2 is 2.10 bits per heavy atom. The van der Waals surface area contributed by atoms with Gasteiger partial charge in [0.25, 0.3) is 6.10 Å². The summed E-state index contributed by atoms with van der Waals surface area (Å²) in [6.45, 7) is 0. The molecule has 0 radical (unpaired) electrons. The zero-order valence-corrected chi connectivity index (χ0v) is 9.68. The van der Waals surface area contributed by atoms with Crippen molar-refractivity contribution in [2.24, 2.45) is 0 Å². The van der Waals surface area contributed by atoms with E-state index < -0.39 is 24.2 Å². The first-order chi connectivity index (χ1) is 9.31. The predicted molar refractivity (Wildman–Crippen MR) is 59.4 cm³/mol. The van der Waals surface area contributed by atoms with Crippen LogP contribution in [0.1, 0.15) is 15.9 Å². The number of aldehydes is 1. The fourth-order valence-corrected chi connectivity index (χ4v) is 1.69. The fourth-order valence-electron chi connectivity index (χ4n) is 1.69. The minimum absolute atomic E-state index is 0.115. The van der Waals surface area contributed by atoms with Crippen molar-refractivity contribution < 1.29 is 37.3 Å². The summed E-state index contributed by atoms with van der Waals surface area (Å²) in [6, 6.07) is 3.75. The minimum atomic E-state index is -4.83. The Morgan fingerprint density at radius 1 is 1.40 bits per heavy atom. The highest BCUT2D eigenvalue weighted by Gasteiger charge is 2.48. The molecule has 0 amide bonds. The van der Waals surface area contributed by atoms with Gasteiger partial charge >= 0.3 is 12.3 Å². The van der Waals surface area contributed by atoms with E-state index in [2.05, 4.69) is 4.74 Å². The van der Waals surface area contributed by atoms with Crippen LogP contribution in [0.15, 0.2) is 24.0 Å². The molecule has 5 nitrogen and oxygen atoms in total. The number of benzene rings is 1.